The topological polar surface area (TPSA) is 90.8 Å². The lowest BCUT2D eigenvalue weighted by Gasteiger charge is -2.36. The van der Waals surface area contributed by atoms with Gasteiger partial charge in [0.15, 0.2) is 0 Å². The lowest BCUT2D eigenvalue weighted by Crippen LogP contribution is -2.37. The highest BCUT2D eigenvalue weighted by Gasteiger charge is 2.41. The summed E-state index contributed by atoms with van der Waals surface area (Å²) in [7, 11) is 1.68. The van der Waals surface area contributed by atoms with E-state index in [-0.39, 0.29) is 53.3 Å². The van der Waals surface area contributed by atoms with E-state index in [1.165, 1.54) is 22.9 Å². The molecule has 4 heterocycles. The summed E-state index contributed by atoms with van der Waals surface area (Å²) < 4.78 is 61.4. The van der Waals surface area contributed by atoms with E-state index in [1.54, 1.807) is 17.7 Å². The molecule has 2 aliphatic carbocycles. The van der Waals surface area contributed by atoms with Gasteiger partial charge in [0, 0.05) is 30.8 Å². The first-order valence-electron chi connectivity index (χ1n) is 11.8. The number of rotatable bonds is 4. The Morgan fingerprint density at radius 1 is 1.22 bits per heavy atom. The molecule has 0 bridgehead atoms. The highest BCUT2D eigenvalue weighted by Crippen LogP contribution is 2.43. The molecule has 3 aromatic heterocycles. The molecular weight excluding hydrogens is 492 g/mol. The van der Waals surface area contributed by atoms with Crippen molar-refractivity contribution in [2.75, 3.05) is 0 Å². The van der Waals surface area contributed by atoms with Crippen LogP contribution in [0.25, 0.3) is 17.5 Å². The lowest BCUT2D eigenvalue weighted by atomic mass is 9.70. The first-order valence-corrected chi connectivity index (χ1v) is 11.8. The molecule has 0 aromatic carbocycles. The molecule has 1 aliphatic heterocycles. The lowest BCUT2D eigenvalue weighted by molar-refractivity contribution is -0.156. The van der Waals surface area contributed by atoms with Crippen molar-refractivity contribution in [3.63, 3.8) is 0 Å². The fourth-order valence-corrected chi connectivity index (χ4v) is 5.52. The van der Waals surface area contributed by atoms with Crippen LogP contribution in [0.3, 0.4) is 0 Å². The number of aromatic nitrogens is 5. The van der Waals surface area contributed by atoms with Gasteiger partial charge in [-0.1, -0.05) is 18.2 Å². The van der Waals surface area contributed by atoms with Crippen molar-refractivity contribution in [1.29, 1.82) is 0 Å². The zero-order chi connectivity index (χ0) is 25.9. The molecule has 3 aromatic rings. The second-order valence-electron chi connectivity index (χ2n) is 9.50. The number of nitrogens with one attached hydrogen (secondary N) is 1. The minimum Gasteiger partial charge on any atom is -0.413 e. The van der Waals surface area contributed by atoms with E-state index in [0.29, 0.717) is 17.8 Å². The van der Waals surface area contributed by atoms with E-state index in [0.717, 1.165) is 12.1 Å². The second kappa shape index (κ2) is 8.56. The molecule has 0 fully saturated rings. The molecule has 3 aliphatic rings. The molecule has 1 N–H and O–H groups in total. The average Bonchev–Trinajstić information content (AvgIpc) is 3.60. The van der Waals surface area contributed by atoms with E-state index in [4.69, 9.17) is 0 Å². The molecule has 4 atom stereocenters. The van der Waals surface area contributed by atoms with Crippen molar-refractivity contribution in [2.24, 2.45) is 24.8 Å². The third-order valence-electron chi connectivity index (χ3n) is 7.40. The fraction of sp³-hybridized carbons (Fsp3) is 0.360. The summed E-state index contributed by atoms with van der Waals surface area (Å²) in [5, 5.41) is 9.73. The Balaban J connectivity index is 1.26. The summed E-state index contributed by atoms with van der Waals surface area (Å²) in [5.41, 5.74) is 1.64. The van der Waals surface area contributed by atoms with Gasteiger partial charge in [-0.2, -0.15) is 13.2 Å². The summed E-state index contributed by atoms with van der Waals surface area (Å²) in [5.74, 6) is -2.05. The van der Waals surface area contributed by atoms with Gasteiger partial charge < -0.3 is 9.73 Å². The summed E-state index contributed by atoms with van der Waals surface area (Å²) in [6, 6.07) is 3.21. The molecule has 0 saturated heterocycles. The molecule has 37 heavy (non-hydrogen) atoms. The van der Waals surface area contributed by atoms with Crippen molar-refractivity contribution in [1.82, 2.24) is 29.6 Å². The smallest absolute Gasteiger partial charge is 0.413 e. The van der Waals surface area contributed by atoms with Crippen LogP contribution >= 0.6 is 0 Å². The molecule has 0 saturated carbocycles. The number of alkyl halides is 3. The summed E-state index contributed by atoms with van der Waals surface area (Å²) in [4.78, 5) is 17.3. The van der Waals surface area contributed by atoms with Crippen LogP contribution in [-0.2, 0) is 26.2 Å². The Morgan fingerprint density at radius 2 is 2.05 bits per heavy atom. The van der Waals surface area contributed by atoms with Gasteiger partial charge in [-0.3, -0.25) is 14.1 Å². The van der Waals surface area contributed by atoms with Crippen molar-refractivity contribution < 1.29 is 22.0 Å². The largest absolute Gasteiger partial charge is 0.470 e. The monoisotopic (exact) mass is 514 g/mol. The quantitative estimate of drug-likeness (QED) is 0.420. The number of imidazole rings is 1. The van der Waals surface area contributed by atoms with Crippen LogP contribution in [0.4, 0.5) is 17.6 Å². The zero-order valence-electron chi connectivity index (χ0n) is 19.6. The summed E-state index contributed by atoms with van der Waals surface area (Å²) in [6.45, 7) is 0.0674. The number of hydrogen-bond donors (Lipinski definition) is 1. The van der Waals surface area contributed by atoms with Crippen LogP contribution < -0.4 is 11.0 Å². The minimum absolute atomic E-state index is 0.0674. The molecule has 0 amide bonds. The molecule has 12 heteroatoms. The Morgan fingerprint density at radius 3 is 2.78 bits per heavy atom. The van der Waals surface area contributed by atoms with Gasteiger partial charge in [0.25, 0.3) is 0 Å². The number of hydrogen-bond acceptors (Lipinski definition) is 6. The Hall–Kier alpha value is -3.96. The van der Waals surface area contributed by atoms with Crippen LogP contribution in [-0.4, -0.2) is 30.4 Å². The average molecular weight is 514 g/mol. The van der Waals surface area contributed by atoms with Gasteiger partial charge in [0.1, 0.15) is 5.83 Å². The number of nitrogens with zero attached hydrogens (tertiary/aromatic N) is 5. The first kappa shape index (κ1) is 23.4. The SMILES string of the molecule is Cn1c2c(n(Cc3ccc(-c4nnc(C(F)(F)F)o4)cn3)c1=O)C=C(F)C(C1CC=CC3NC=CC31)C2. The van der Waals surface area contributed by atoms with Crippen LogP contribution in [0.1, 0.15) is 29.4 Å². The predicted octanol–water partition coefficient (Wildman–Crippen LogP) is 3.86. The van der Waals surface area contributed by atoms with Crippen LogP contribution in [0.5, 0.6) is 0 Å². The van der Waals surface area contributed by atoms with Gasteiger partial charge in [-0.05, 0) is 43.2 Å². The van der Waals surface area contributed by atoms with Crippen molar-refractivity contribution in [3.05, 3.63) is 82.0 Å². The van der Waals surface area contributed by atoms with Gasteiger partial charge in [0.05, 0.1) is 29.5 Å². The Kier molecular flexibility index (Phi) is 5.42. The normalized spacial score (nSPS) is 24.5. The molecule has 0 spiro atoms. The number of fused-ring (bicyclic) bond motifs is 2. The summed E-state index contributed by atoms with van der Waals surface area (Å²) >= 11 is 0. The zero-order valence-corrected chi connectivity index (χ0v) is 19.6. The maximum atomic E-state index is 15.5. The molecule has 6 rings (SSSR count). The van der Waals surface area contributed by atoms with E-state index in [9.17, 15) is 18.0 Å². The van der Waals surface area contributed by atoms with E-state index >= 15 is 4.39 Å². The molecule has 4 unspecified atom stereocenters. The van der Waals surface area contributed by atoms with E-state index in [1.807, 2.05) is 6.20 Å². The van der Waals surface area contributed by atoms with E-state index < -0.39 is 12.1 Å². The maximum Gasteiger partial charge on any atom is 0.470 e. The number of allylic oxidation sites excluding steroid dienone is 2. The number of halogens is 4. The van der Waals surface area contributed by atoms with Crippen molar-refractivity contribution in [2.45, 2.75) is 31.6 Å². The Bertz CT molecular complexity index is 1490. The fourth-order valence-electron chi connectivity index (χ4n) is 5.52. The molecule has 0 radical (unpaired) electrons. The molecule has 192 valence electrons. The standard InChI is InChI=1S/C25H22F4N6O2/c1-34-20-9-17(15-3-2-4-19-16(15)7-8-30-19)18(26)10-21(20)35(24(34)36)12-14-6-5-13(11-31-14)22-32-33-23(37-22)25(27,28)29/h2,4-8,10-11,15-17,19,30H,3,9,12H2,1H3. The summed E-state index contributed by atoms with van der Waals surface area (Å²) in [6.07, 6.45) is 7.42. The molecular formula is C25H22F4N6O2. The van der Waals surface area contributed by atoms with Crippen molar-refractivity contribution >= 4 is 6.08 Å². The van der Waals surface area contributed by atoms with Gasteiger partial charge in [-0.25, -0.2) is 9.18 Å². The van der Waals surface area contributed by atoms with Gasteiger partial charge in [0.2, 0.25) is 5.89 Å². The van der Waals surface area contributed by atoms with Crippen molar-refractivity contribution in [3.8, 4) is 11.5 Å². The van der Waals surface area contributed by atoms with Crippen LogP contribution in [0.2, 0.25) is 0 Å². The highest BCUT2D eigenvalue weighted by atomic mass is 19.4. The van der Waals surface area contributed by atoms with Gasteiger partial charge in [-0.15, -0.1) is 10.2 Å². The third kappa shape index (κ3) is 4.00. The maximum absolute atomic E-state index is 15.5. The van der Waals surface area contributed by atoms with Crippen LogP contribution in [0, 0.1) is 17.8 Å². The Labute approximate surface area is 208 Å². The second-order valence-corrected chi connectivity index (χ2v) is 9.50. The number of pyridine rings is 1. The highest BCUT2D eigenvalue weighted by molar-refractivity contribution is 5.55. The van der Waals surface area contributed by atoms with Crippen LogP contribution in [0.15, 0.2) is 57.8 Å². The predicted molar refractivity (Wildman–Crippen MR) is 124 cm³/mol. The van der Waals surface area contributed by atoms with Gasteiger partial charge >= 0.3 is 17.8 Å². The minimum atomic E-state index is -4.74. The molecule has 8 nitrogen and oxygen atoms in total. The van der Waals surface area contributed by atoms with E-state index in [2.05, 4.69) is 43.1 Å². The third-order valence-corrected chi connectivity index (χ3v) is 7.40. The first-order chi connectivity index (χ1) is 17.7.